The number of aryl methyl sites for hydroxylation is 2. The number of rotatable bonds is 4. The predicted molar refractivity (Wildman–Crippen MR) is 135 cm³/mol. The Hall–Kier alpha value is -4.10. The van der Waals surface area contributed by atoms with Crippen LogP contribution in [0.3, 0.4) is 0 Å². The highest BCUT2D eigenvalue weighted by Gasteiger charge is 2.35. The van der Waals surface area contributed by atoms with Crippen LogP contribution in [-0.4, -0.2) is 29.1 Å². The van der Waals surface area contributed by atoms with Gasteiger partial charge in [0.25, 0.3) is 0 Å². The summed E-state index contributed by atoms with van der Waals surface area (Å²) >= 11 is 0. The zero-order valence-electron chi connectivity index (χ0n) is 20.3. The van der Waals surface area contributed by atoms with Gasteiger partial charge in [0, 0.05) is 42.8 Å². The van der Waals surface area contributed by atoms with Crippen LogP contribution >= 0.6 is 0 Å². The van der Waals surface area contributed by atoms with Gasteiger partial charge in [-0.25, -0.2) is 4.39 Å². The highest BCUT2D eigenvalue weighted by molar-refractivity contribution is 6.16. The van der Waals surface area contributed by atoms with Gasteiger partial charge < -0.3 is 18.8 Å². The molecule has 0 radical (unpaired) electrons. The monoisotopic (exact) mass is 484 g/mol. The van der Waals surface area contributed by atoms with Crippen LogP contribution in [-0.2, 0) is 20.1 Å². The van der Waals surface area contributed by atoms with Crippen molar-refractivity contribution in [3.05, 3.63) is 94.1 Å². The van der Waals surface area contributed by atoms with Gasteiger partial charge in [-0.3, -0.25) is 9.69 Å². The number of methoxy groups -OCH3 is 1. The molecule has 0 atom stereocenters. The summed E-state index contributed by atoms with van der Waals surface area (Å²) in [6, 6.07) is 14.2. The molecule has 0 amide bonds. The van der Waals surface area contributed by atoms with E-state index in [1.807, 2.05) is 49.0 Å². The Bertz CT molecular complexity index is 1550. The number of ether oxygens (including phenoxy) is 3. The van der Waals surface area contributed by atoms with Gasteiger partial charge in [0.05, 0.1) is 18.2 Å². The van der Waals surface area contributed by atoms with E-state index in [4.69, 9.17) is 14.2 Å². The van der Waals surface area contributed by atoms with Crippen molar-refractivity contribution in [2.45, 2.75) is 20.0 Å². The molecule has 2 aliphatic heterocycles. The number of fused-ring (bicyclic) bond motifs is 4. The molecule has 7 heteroatoms. The van der Waals surface area contributed by atoms with Crippen LogP contribution in [0.25, 0.3) is 17.0 Å². The smallest absolute Gasteiger partial charge is 0.232 e. The first kappa shape index (κ1) is 22.4. The number of carbonyl (C=O) groups is 1. The summed E-state index contributed by atoms with van der Waals surface area (Å²) in [7, 11) is 3.60. The van der Waals surface area contributed by atoms with Crippen molar-refractivity contribution in [1.29, 1.82) is 0 Å². The molecule has 0 aliphatic carbocycles. The van der Waals surface area contributed by atoms with E-state index in [9.17, 15) is 9.18 Å². The van der Waals surface area contributed by atoms with Crippen molar-refractivity contribution in [1.82, 2.24) is 9.47 Å². The van der Waals surface area contributed by atoms with Crippen LogP contribution in [0.1, 0.15) is 32.6 Å². The molecule has 2 aliphatic rings. The molecule has 0 saturated heterocycles. The number of Topliss-reactive ketones (excluding diaryl/α,β-unsaturated/α-hetero) is 1. The molecule has 6 rings (SSSR count). The van der Waals surface area contributed by atoms with Crippen molar-refractivity contribution in [3.63, 3.8) is 0 Å². The Morgan fingerprint density at radius 3 is 2.72 bits per heavy atom. The second kappa shape index (κ2) is 8.53. The Balaban J connectivity index is 1.35. The van der Waals surface area contributed by atoms with Crippen molar-refractivity contribution >= 4 is 22.8 Å². The van der Waals surface area contributed by atoms with Crippen LogP contribution in [0.2, 0.25) is 0 Å². The average Bonchev–Trinajstić information content (AvgIpc) is 3.37. The lowest BCUT2D eigenvalue weighted by Gasteiger charge is -2.30. The fraction of sp³-hybridized carbons (Fsp3) is 0.207. The largest absolute Gasteiger partial charge is 0.497 e. The molecule has 182 valence electrons. The highest BCUT2D eigenvalue weighted by atomic mass is 19.1. The van der Waals surface area contributed by atoms with Crippen molar-refractivity contribution in [3.8, 4) is 17.2 Å². The number of hydrogen-bond donors (Lipinski definition) is 0. The van der Waals surface area contributed by atoms with Gasteiger partial charge >= 0.3 is 0 Å². The van der Waals surface area contributed by atoms with Crippen LogP contribution in [0, 0.1) is 12.7 Å². The van der Waals surface area contributed by atoms with Gasteiger partial charge in [-0.15, -0.1) is 0 Å². The molecule has 0 N–H and O–H groups in total. The molecule has 3 aromatic carbocycles. The van der Waals surface area contributed by atoms with Crippen LogP contribution in [0.4, 0.5) is 4.39 Å². The van der Waals surface area contributed by atoms with Gasteiger partial charge in [-0.1, -0.05) is 12.1 Å². The van der Waals surface area contributed by atoms with E-state index >= 15 is 0 Å². The summed E-state index contributed by atoms with van der Waals surface area (Å²) in [5.41, 5.74) is 5.14. The molecule has 0 spiro atoms. The first-order chi connectivity index (χ1) is 17.4. The number of ketones is 1. The summed E-state index contributed by atoms with van der Waals surface area (Å²) in [5.74, 6) is 1.92. The third-order valence-electron chi connectivity index (χ3n) is 6.82. The summed E-state index contributed by atoms with van der Waals surface area (Å²) < 4.78 is 33.0. The lowest BCUT2D eigenvalue weighted by Crippen LogP contribution is -2.31. The van der Waals surface area contributed by atoms with E-state index in [0.717, 1.165) is 44.7 Å². The van der Waals surface area contributed by atoms with Crippen molar-refractivity contribution < 1.29 is 23.4 Å². The molecule has 6 nitrogen and oxygen atoms in total. The third kappa shape index (κ3) is 3.72. The fourth-order valence-corrected chi connectivity index (χ4v) is 5.01. The van der Waals surface area contributed by atoms with Crippen LogP contribution in [0.15, 0.2) is 60.5 Å². The second-order valence-electron chi connectivity index (χ2n) is 9.28. The highest BCUT2D eigenvalue weighted by Crippen LogP contribution is 2.44. The number of allylic oxidation sites excluding steroid dienone is 1. The molecule has 3 heterocycles. The van der Waals surface area contributed by atoms with Crippen LogP contribution in [0.5, 0.6) is 17.2 Å². The van der Waals surface area contributed by atoms with Gasteiger partial charge in [0.1, 0.15) is 29.8 Å². The normalized spacial score (nSPS) is 16.1. The summed E-state index contributed by atoms with van der Waals surface area (Å²) in [5, 5.41) is 0.976. The zero-order valence-corrected chi connectivity index (χ0v) is 20.3. The topological polar surface area (TPSA) is 52.9 Å². The van der Waals surface area contributed by atoms with E-state index in [1.165, 1.54) is 12.1 Å². The van der Waals surface area contributed by atoms with E-state index < -0.39 is 0 Å². The number of hydrogen-bond acceptors (Lipinski definition) is 5. The lowest BCUT2D eigenvalue weighted by molar-refractivity contribution is 0.0872. The Kier molecular flexibility index (Phi) is 5.30. The minimum Gasteiger partial charge on any atom is -0.497 e. The van der Waals surface area contributed by atoms with E-state index in [-0.39, 0.29) is 17.4 Å². The molecular formula is C29H25FN2O4. The minimum absolute atomic E-state index is 0.138. The summed E-state index contributed by atoms with van der Waals surface area (Å²) in [6.07, 6.45) is 3.78. The van der Waals surface area contributed by atoms with Gasteiger partial charge in [0.15, 0.2) is 5.76 Å². The quantitative estimate of drug-likeness (QED) is 0.353. The minimum atomic E-state index is -0.261. The Morgan fingerprint density at radius 1 is 1.14 bits per heavy atom. The average molecular weight is 485 g/mol. The van der Waals surface area contributed by atoms with E-state index in [1.54, 1.807) is 25.3 Å². The fourth-order valence-electron chi connectivity index (χ4n) is 5.01. The number of aromatic nitrogens is 1. The maximum Gasteiger partial charge on any atom is 0.232 e. The van der Waals surface area contributed by atoms with Gasteiger partial charge in [-0.05, 0) is 60.5 Å². The first-order valence-electron chi connectivity index (χ1n) is 11.7. The van der Waals surface area contributed by atoms with E-state index in [0.29, 0.717) is 31.1 Å². The van der Waals surface area contributed by atoms with E-state index in [2.05, 4.69) is 4.90 Å². The lowest BCUT2D eigenvalue weighted by atomic mass is 9.98. The summed E-state index contributed by atoms with van der Waals surface area (Å²) in [4.78, 5) is 15.6. The van der Waals surface area contributed by atoms with Gasteiger partial charge in [0.2, 0.25) is 5.78 Å². The molecule has 0 bridgehead atoms. The van der Waals surface area contributed by atoms with Crippen molar-refractivity contribution in [2.75, 3.05) is 13.8 Å². The van der Waals surface area contributed by atoms with Gasteiger partial charge in [-0.2, -0.15) is 0 Å². The third-order valence-corrected chi connectivity index (χ3v) is 6.82. The second-order valence-corrected chi connectivity index (χ2v) is 9.28. The number of carbonyl (C=O) groups excluding carboxylic acids is 1. The molecular weight excluding hydrogens is 459 g/mol. The molecule has 0 fully saturated rings. The first-order valence-corrected chi connectivity index (χ1v) is 11.7. The van der Waals surface area contributed by atoms with Crippen LogP contribution < -0.4 is 14.2 Å². The summed E-state index contributed by atoms with van der Waals surface area (Å²) in [6.45, 7) is 3.45. The zero-order chi connectivity index (χ0) is 25.0. The molecule has 0 saturated carbocycles. The maximum absolute atomic E-state index is 13.5. The SMILES string of the molecule is COc1ccc2c(c1)c(/C=C1\Oc3c4c(cc(C)c3C1=O)OCN(Cc1ccc(F)cc1)C4)cn2C. The predicted octanol–water partition coefficient (Wildman–Crippen LogP) is 5.60. The number of halogens is 1. The Labute approximate surface area is 208 Å². The Morgan fingerprint density at radius 2 is 1.94 bits per heavy atom. The number of nitrogens with zero attached hydrogens (tertiary/aromatic N) is 2. The molecule has 36 heavy (non-hydrogen) atoms. The maximum atomic E-state index is 13.5. The molecule has 1 aromatic heterocycles. The number of benzene rings is 3. The molecule has 0 unspecified atom stereocenters. The molecule has 4 aromatic rings. The standard InChI is InChI=1S/C29H25FN2O4/c1-17-10-25-23(15-32(16-35-25)13-18-4-6-20(30)7-5-18)29-27(17)28(33)26(36-29)11-19-14-31(2)24-9-8-21(34-3)12-22(19)24/h4-12,14H,13,15-16H2,1-3H3/b26-11-. The van der Waals surface area contributed by atoms with Crippen molar-refractivity contribution in [2.24, 2.45) is 7.05 Å².